The number of allylic oxidation sites excluding steroid dienone is 2. The van der Waals surface area contributed by atoms with E-state index in [1.54, 1.807) is 12.0 Å². The summed E-state index contributed by atoms with van der Waals surface area (Å²) in [4.78, 5) is 28.0. The van der Waals surface area contributed by atoms with E-state index in [0.29, 0.717) is 19.4 Å². The zero-order valence-electron chi connectivity index (χ0n) is 16.8. The predicted molar refractivity (Wildman–Crippen MR) is 111 cm³/mol. The number of benzene rings is 2. The van der Waals surface area contributed by atoms with Crippen molar-refractivity contribution in [1.82, 2.24) is 0 Å². The normalized spacial score (nSPS) is 19.2. The van der Waals surface area contributed by atoms with Gasteiger partial charge < -0.3 is 9.47 Å². The van der Waals surface area contributed by atoms with Crippen LogP contribution in [0.15, 0.2) is 59.8 Å². The predicted octanol–water partition coefficient (Wildman–Crippen LogP) is 4.62. The third kappa shape index (κ3) is 3.53. The monoisotopic (exact) mass is 391 g/mol. The Bertz CT molecular complexity index is 961. The minimum Gasteiger partial charge on any atom is -0.497 e. The van der Waals surface area contributed by atoms with Crippen molar-refractivity contribution in [3.05, 3.63) is 65.4 Å². The van der Waals surface area contributed by atoms with Crippen molar-refractivity contribution in [2.24, 2.45) is 0 Å². The van der Waals surface area contributed by atoms with Crippen LogP contribution in [0.3, 0.4) is 0 Å². The minimum atomic E-state index is -0.262. The van der Waals surface area contributed by atoms with E-state index >= 15 is 0 Å². The van der Waals surface area contributed by atoms with Gasteiger partial charge in [0.15, 0.2) is 5.78 Å². The fourth-order valence-corrected chi connectivity index (χ4v) is 4.34. The lowest BCUT2D eigenvalue weighted by molar-refractivity contribution is -0.119. The number of ether oxygens (including phenoxy) is 2. The van der Waals surface area contributed by atoms with E-state index in [1.165, 1.54) is 0 Å². The number of rotatable bonds is 5. The molecular weight excluding hydrogens is 366 g/mol. The van der Waals surface area contributed by atoms with Gasteiger partial charge in [0.1, 0.15) is 11.5 Å². The molecule has 4 rings (SSSR count). The van der Waals surface area contributed by atoms with Crippen molar-refractivity contribution in [2.45, 2.75) is 38.5 Å². The van der Waals surface area contributed by atoms with Crippen molar-refractivity contribution in [1.29, 1.82) is 0 Å². The van der Waals surface area contributed by atoms with Crippen LogP contribution >= 0.6 is 0 Å². The van der Waals surface area contributed by atoms with Crippen molar-refractivity contribution in [3.63, 3.8) is 0 Å². The van der Waals surface area contributed by atoms with Gasteiger partial charge in [-0.05, 0) is 50.1 Å². The molecule has 1 amide bonds. The number of carbonyl (C=O) groups is 2. The van der Waals surface area contributed by atoms with Gasteiger partial charge in [0.2, 0.25) is 5.91 Å². The number of ketones is 1. The Hall–Kier alpha value is -3.08. The molecule has 1 aliphatic heterocycles. The lowest BCUT2D eigenvalue weighted by Crippen LogP contribution is -2.40. The molecule has 0 saturated heterocycles. The molecule has 2 aromatic rings. The first kappa shape index (κ1) is 19.2. The smallest absolute Gasteiger partial charge is 0.232 e. The van der Waals surface area contributed by atoms with Crippen LogP contribution in [0.25, 0.3) is 0 Å². The average molecular weight is 391 g/mol. The second-order valence-corrected chi connectivity index (χ2v) is 7.29. The van der Waals surface area contributed by atoms with Gasteiger partial charge in [-0.3, -0.25) is 14.5 Å². The lowest BCUT2D eigenvalue weighted by atomic mass is 9.77. The second kappa shape index (κ2) is 8.11. The van der Waals surface area contributed by atoms with Crippen LogP contribution in [0.5, 0.6) is 11.5 Å². The van der Waals surface area contributed by atoms with Crippen LogP contribution in [0.1, 0.15) is 44.1 Å². The highest BCUT2D eigenvalue weighted by Gasteiger charge is 2.40. The highest BCUT2D eigenvalue weighted by atomic mass is 16.5. The Balaban J connectivity index is 1.83. The molecule has 0 bridgehead atoms. The summed E-state index contributed by atoms with van der Waals surface area (Å²) < 4.78 is 11.0. The third-order valence-electron chi connectivity index (χ3n) is 5.60. The SMILES string of the molecule is CCOc1ccccc1C1CC(=O)N(c2ccc(OC)cc2)C2=C1C(=O)CCC2. The van der Waals surface area contributed by atoms with Crippen molar-refractivity contribution in [3.8, 4) is 11.5 Å². The molecule has 1 heterocycles. The molecule has 1 aliphatic carbocycles. The molecule has 0 aromatic heterocycles. The summed E-state index contributed by atoms with van der Waals surface area (Å²) in [6, 6.07) is 15.1. The number of Topliss-reactive ketones (excluding diaryl/α,β-unsaturated/α-hetero) is 1. The van der Waals surface area contributed by atoms with E-state index < -0.39 is 0 Å². The minimum absolute atomic E-state index is 0.0000756. The van der Waals surface area contributed by atoms with E-state index in [4.69, 9.17) is 9.47 Å². The van der Waals surface area contributed by atoms with E-state index in [1.807, 2.05) is 55.5 Å². The Morgan fingerprint density at radius 1 is 1.03 bits per heavy atom. The fourth-order valence-electron chi connectivity index (χ4n) is 4.34. The fraction of sp³-hybridized carbons (Fsp3) is 0.333. The number of carbonyl (C=O) groups excluding carboxylic acids is 2. The number of amides is 1. The van der Waals surface area contributed by atoms with Gasteiger partial charge >= 0.3 is 0 Å². The Morgan fingerprint density at radius 3 is 2.52 bits per heavy atom. The molecule has 1 atom stereocenters. The summed E-state index contributed by atoms with van der Waals surface area (Å²) in [6.45, 7) is 2.47. The van der Waals surface area contributed by atoms with Crippen LogP contribution < -0.4 is 14.4 Å². The molecule has 2 aliphatic rings. The van der Waals surface area contributed by atoms with E-state index in [9.17, 15) is 9.59 Å². The number of nitrogens with zero attached hydrogens (tertiary/aromatic N) is 1. The molecule has 0 saturated carbocycles. The molecule has 150 valence electrons. The average Bonchev–Trinajstić information content (AvgIpc) is 2.74. The molecule has 0 radical (unpaired) electrons. The molecule has 2 aromatic carbocycles. The first-order chi connectivity index (χ1) is 14.1. The summed E-state index contributed by atoms with van der Waals surface area (Å²) in [5.41, 5.74) is 3.28. The quantitative estimate of drug-likeness (QED) is 0.746. The van der Waals surface area contributed by atoms with Gasteiger partial charge in [0, 0.05) is 41.3 Å². The summed E-state index contributed by atoms with van der Waals surface area (Å²) in [5.74, 6) is 1.35. The van der Waals surface area contributed by atoms with Gasteiger partial charge in [0.25, 0.3) is 0 Å². The number of hydrogen-bond acceptors (Lipinski definition) is 4. The number of para-hydroxylation sites is 1. The molecule has 5 nitrogen and oxygen atoms in total. The van der Waals surface area contributed by atoms with Gasteiger partial charge in [-0.1, -0.05) is 18.2 Å². The molecule has 5 heteroatoms. The van der Waals surface area contributed by atoms with Crippen LogP contribution in [0, 0.1) is 0 Å². The van der Waals surface area contributed by atoms with Crippen molar-refractivity contribution >= 4 is 17.4 Å². The molecule has 0 N–H and O–H groups in total. The largest absolute Gasteiger partial charge is 0.497 e. The highest BCUT2D eigenvalue weighted by molar-refractivity contribution is 6.07. The van der Waals surface area contributed by atoms with Crippen LogP contribution in [-0.2, 0) is 9.59 Å². The van der Waals surface area contributed by atoms with E-state index in [-0.39, 0.29) is 24.0 Å². The molecule has 1 unspecified atom stereocenters. The first-order valence-electron chi connectivity index (χ1n) is 10.1. The number of hydrogen-bond donors (Lipinski definition) is 0. The zero-order valence-corrected chi connectivity index (χ0v) is 16.8. The van der Waals surface area contributed by atoms with E-state index in [2.05, 4.69) is 0 Å². The molecular formula is C24H25NO4. The summed E-state index contributed by atoms with van der Waals surface area (Å²) in [5, 5.41) is 0. The summed E-state index contributed by atoms with van der Waals surface area (Å²) in [6.07, 6.45) is 2.25. The molecule has 0 spiro atoms. The number of anilines is 1. The summed E-state index contributed by atoms with van der Waals surface area (Å²) >= 11 is 0. The van der Waals surface area contributed by atoms with Crippen LogP contribution in [0.4, 0.5) is 5.69 Å². The maximum atomic E-state index is 13.3. The van der Waals surface area contributed by atoms with Gasteiger partial charge in [-0.15, -0.1) is 0 Å². The highest BCUT2D eigenvalue weighted by Crippen LogP contribution is 2.45. The molecule has 0 fully saturated rings. The lowest BCUT2D eigenvalue weighted by Gasteiger charge is -2.38. The molecule has 29 heavy (non-hydrogen) atoms. The maximum absolute atomic E-state index is 13.3. The van der Waals surface area contributed by atoms with Gasteiger partial charge in [-0.25, -0.2) is 0 Å². The Kier molecular flexibility index (Phi) is 5.38. The Morgan fingerprint density at radius 2 is 1.79 bits per heavy atom. The number of methoxy groups -OCH3 is 1. The van der Waals surface area contributed by atoms with Crippen molar-refractivity contribution < 1.29 is 19.1 Å². The summed E-state index contributed by atoms with van der Waals surface area (Å²) in [7, 11) is 1.61. The third-order valence-corrected chi connectivity index (χ3v) is 5.60. The second-order valence-electron chi connectivity index (χ2n) is 7.29. The standard InChI is InChI=1S/C24H25NO4/c1-3-29-22-10-5-4-7-18(22)19-15-23(27)25(16-11-13-17(28-2)14-12-16)20-8-6-9-21(26)24(19)20/h4-5,7,10-14,19H,3,6,8-9,15H2,1-2H3. The van der Waals surface area contributed by atoms with Gasteiger partial charge in [0.05, 0.1) is 13.7 Å². The van der Waals surface area contributed by atoms with Gasteiger partial charge in [-0.2, -0.15) is 0 Å². The van der Waals surface area contributed by atoms with Crippen LogP contribution in [-0.4, -0.2) is 25.4 Å². The zero-order chi connectivity index (χ0) is 20.4. The maximum Gasteiger partial charge on any atom is 0.232 e. The first-order valence-corrected chi connectivity index (χ1v) is 10.1. The van der Waals surface area contributed by atoms with E-state index in [0.717, 1.165) is 40.4 Å². The topological polar surface area (TPSA) is 55.8 Å². The van der Waals surface area contributed by atoms with Crippen LogP contribution in [0.2, 0.25) is 0 Å². The Labute approximate surface area is 170 Å². The van der Waals surface area contributed by atoms with Crippen molar-refractivity contribution in [2.75, 3.05) is 18.6 Å².